The molecule has 0 bridgehead atoms. The monoisotopic (exact) mass is 420 g/mol. The van der Waals surface area contributed by atoms with E-state index in [4.69, 9.17) is 14.0 Å². The topological polar surface area (TPSA) is 107 Å². The summed E-state index contributed by atoms with van der Waals surface area (Å²) >= 11 is 0. The highest BCUT2D eigenvalue weighted by atomic mass is 16.6. The molecule has 2 amide bonds. The van der Waals surface area contributed by atoms with Gasteiger partial charge in [-0.05, 0) is 24.3 Å². The molecule has 3 aromatic rings. The molecule has 3 heterocycles. The molecule has 1 saturated heterocycles. The lowest BCUT2D eigenvalue weighted by Crippen LogP contribution is -2.25. The summed E-state index contributed by atoms with van der Waals surface area (Å²) in [6.07, 6.45) is 0.282. The third-order valence-corrected chi connectivity index (χ3v) is 5.25. The van der Waals surface area contributed by atoms with Crippen molar-refractivity contribution in [1.29, 1.82) is 0 Å². The summed E-state index contributed by atoms with van der Waals surface area (Å²) in [7, 11) is 0. The molecule has 2 aliphatic heterocycles. The van der Waals surface area contributed by atoms with Gasteiger partial charge >= 0.3 is 0 Å². The van der Waals surface area contributed by atoms with E-state index in [2.05, 4.69) is 15.5 Å². The molecule has 1 aromatic heterocycles. The number of hydrogen-bond donors (Lipinski definition) is 1. The number of aromatic nitrogens is 2. The van der Waals surface area contributed by atoms with Crippen molar-refractivity contribution >= 4 is 17.5 Å². The Hall–Kier alpha value is -3.88. The fraction of sp³-hybridized carbons (Fsp3) is 0.273. The number of nitrogens with one attached hydrogen (secondary N) is 1. The molecule has 2 aromatic carbocycles. The van der Waals surface area contributed by atoms with Crippen molar-refractivity contribution in [3.05, 3.63) is 65.8 Å². The molecular weight excluding hydrogens is 400 g/mol. The van der Waals surface area contributed by atoms with Gasteiger partial charge in [-0.3, -0.25) is 9.59 Å². The predicted octanol–water partition coefficient (Wildman–Crippen LogP) is 2.29. The Balaban J connectivity index is 1.23. The Bertz CT molecular complexity index is 1110. The van der Waals surface area contributed by atoms with Gasteiger partial charge in [0.1, 0.15) is 13.2 Å². The first-order valence-electron chi connectivity index (χ1n) is 10.0. The van der Waals surface area contributed by atoms with Gasteiger partial charge in [0.05, 0.1) is 6.54 Å². The molecule has 1 atom stereocenters. The van der Waals surface area contributed by atoms with E-state index < -0.39 is 0 Å². The average Bonchev–Trinajstić information content (AvgIpc) is 3.44. The van der Waals surface area contributed by atoms with E-state index in [9.17, 15) is 9.59 Å². The fourth-order valence-corrected chi connectivity index (χ4v) is 3.68. The summed E-state index contributed by atoms with van der Waals surface area (Å²) in [5, 5.41) is 6.77. The van der Waals surface area contributed by atoms with E-state index >= 15 is 0 Å². The molecule has 1 N–H and O–H groups in total. The van der Waals surface area contributed by atoms with Crippen molar-refractivity contribution < 1.29 is 23.6 Å². The Morgan fingerprint density at radius 1 is 1.10 bits per heavy atom. The highest BCUT2D eigenvalue weighted by molar-refractivity contribution is 5.96. The molecule has 9 heteroatoms. The second-order valence-corrected chi connectivity index (χ2v) is 7.33. The highest BCUT2D eigenvalue weighted by Crippen LogP contribution is 2.37. The van der Waals surface area contributed by atoms with Crippen LogP contribution in [0.15, 0.2) is 53.1 Å². The quantitative estimate of drug-likeness (QED) is 0.675. The summed E-state index contributed by atoms with van der Waals surface area (Å²) < 4.78 is 16.4. The molecule has 1 unspecified atom stereocenters. The Morgan fingerprint density at radius 2 is 1.90 bits per heavy atom. The van der Waals surface area contributed by atoms with Crippen LogP contribution >= 0.6 is 0 Å². The third kappa shape index (κ3) is 3.94. The Labute approximate surface area is 177 Å². The minimum absolute atomic E-state index is 0.0228. The number of nitrogens with zero attached hydrogens (tertiary/aromatic N) is 3. The molecule has 9 nitrogen and oxygen atoms in total. The average molecular weight is 420 g/mol. The fourth-order valence-electron chi connectivity index (χ4n) is 3.68. The number of benzene rings is 2. The van der Waals surface area contributed by atoms with E-state index in [1.54, 1.807) is 29.2 Å². The number of amides is 2. The summed E-state index contributed by atoms with van der Waals surface area (Å²) in [6.45, 7) is 1.56. The molecule has 1 fully saturated rings. The van der Waals surface area contributed by atoms with Crippen LogP contribution in [-0.4, -0.2) is 41.7 Å². The lowest BCUT2D eigenvalue weighted by molar-refractivity contribution is -0.117. The molecule has 0 saturated carbocycles. The van der Waals surface area contributed by atoms with Crippen LogP contribution in [0.1, 0.15) is 34.4 Å². The molecule has 31 heavy (non-hydrogen) atoms. The SMILES string of the molecule is O=C(NCc1nc(C2CC(=O)N(c3ccc4c(c3)OCCO4)C2)no1)c1ccccc1. The molecule has 5 rings (SSSR count). The zero-order valence-corrected chi connectivity index (χ0v) is 16.6. The van der Waals surface area contributed by atoms with Crippen LogP contribution in [-0.2, 0) is 11.3 Å². The first kappa shape index (κ1) is 19.1. The van der Waals surface area contributed by atoms with Crippen molar-refractivity contribution in [2.24, 2.45) is 0 Å². The molecule has 0 radical (unpaired) electrons. The number of anilines is 1. The maximum Gasteiger partial charge on any atom is 0.251 e. The second kappa shape index (κ2) is 8.10. The number of hydrogen-bond acceptors (Lipinski definition) is 7. The van der Waals surface area contributed by atoms with E-state index in [-0.39, 0.29) is 30.7 Å². The summed E-state index contributed by atoms with van der Waals surface area (Å²) in [5.74, 6) is 1.63. The van der Waals surface area contributed by atoms with Gasteiger partial charge in [0.15, 0.2) is 17.3 Å². The molecule has 0 spiro atoms. The van der Waals surface area contributed by atoms with E-state index in [0.717, 1.165) is 5.69 Å². The summed E-state index contributed by atoms with van der Waals surface area (Å²) in [6, 6.07) is 14.4. The molecule has 158 valence electrons. The van der Waals surface area contributed by atoms with Crippen LogP contribution in [0.3, 0.4) is 0 Å². The maximum absolute atomic E-state index is 12.6. The van der Waals surface area contributed by atoms with Gasteiger partial charge in [-0.25, -0.2) is 0 Å². The van der Waals surface area contributed by atoms with Gasteiger partial charge in [0.2, 0.25) is 11.8 Å². The van der Waals surface area contributed by atoms with Crippen LogP contribution < -0.4 is 19.7 Å². The van der Waals surface area contributed by atoms with Crippen molar-refractivity contribution in [3.63, 3.8) is 0 Å². The van der Waals surface area contributed by atoms with Gasteiger partial charge in [-0.15, -0.1) is 0 Å². The lowest BCUT2D eigenvalue weighted by atomic mass is 10.1. The van der Waals surface area contributed by atoms with Crippen LogP contribution in [0.25, 0.3) is 0 Å². The molecule has 2 aliphatic rings. The highest BCUT2D eigenvalue weighted by Gasteiger charge is 2.35. The van der Waals surface area contributed by atoms with Crippen LogP contribution in [0, 0.1) is 0 Å². The van der Waals surface area contributed by atoms with Crippen molar-refractivity contribution in [2.75, 3.05) is 24.7 Å². The Morgan fingerprint density at radius 3 is 2.74 bits per heavy atom. The van der Waals surface area contributed by atoms with Crippen LogP contribution in [0.2, 0.25) is 0 Å². The molecule has 0 aliphatic carbocycles. The Kier molecular flexibility index (Phi) is 4.99. The van der Waals surface area contributed by atoms with Crippen molar-refractivity contribution in [3.8, 4) is 11.5 Å². The smallest absolute Gasteiger partial charge is 0.251 e. The first-order chi connectivity index (χ1) is 15.2. The predicted molar refractivity (Wildman–Crippen MR) is 109 cm³/mol. The molecular formula is C22H20N4O5. The number of carbonyl (C=O) groups is 2. The van der Waals surface area contributed by atoms with E-state index in [0.29, 0.717) is 48.5 Å². The number of ether oxygens (including phenoxy) is 2. The lowest BCUT2D eigenvalue weighted by Gasteiger charge is -2.22. The zero-order valence-electron chi connectivity index (χ0n) is 16.6. The summed E-state index contributed by atoms with van der Waals surface area (Å²) in [5.41, 5.74) is 1.30. The first-order valence-corrected chi connectivity index (χ1v) is 10.0. The van der Waals surface area contributed by atoms with Crippen molar-refractivity contribution in [1.82, 2.24) is 15.5 Å². The van der Waals surface area contributed by atoms with Gasteiger partial charge in [0.25, 0.3) is 5.91 Å². The van der Waals surface area contributed by atoms with Gasteiger partial charge in [-0.1, -0.05) is 23.4 Å². The van der Waals surface area contributed by atoms with E-state index in [1.807, 2.05) is 24.3 Å². The number of carbonyl (C=O) groups excluding carboxylic acids is 2. The largest absolute Gasteiger partial charge is 0.486 e. The van der Waals surface area contributed by atoms with E-state index in [1.165, 1.54) is 0 Å². The van der Waals surface area contributed by atoms with Crippen LogP contribution in [0.5, 0.6) is 11.5 Å². The van der Waals surface area contributed by atoms with Gasteiger partial charge < -0.3 is 24.2 Å². The normalized spacial score (nSPS) is 17.6. The minimum Gasteiger partial charge on any atom is -0.486 e. The van der Waals surface area contributed by atoms with Crippen LogP contribution in [0.4, 0.5) is 5.69 Å². The zero-order chi connectivity index (χ0) is 21.2. The standard InChI is InChI=1S/C22H20N4O5/c27-20-10-15(13-26(20)16-6-7-17-18(11-16)30-9-8-29-17)21-24-19(31-25-21)12-23-22(28)14-4-2-1-3-5-14/h1-7,11,15H,8-10,12-13H2,(H,23,28). The number of fused-ring (bicyclic) bond motifs is 1. The third-order valence-electron chi connectivity index (χ3n) is 5.25. The second-order valence-electron chi connectivity index (χ2n) is 7.33. The minimum atomic E-state index is -0.221. The maximum atomic E-state index is 12.6. The summed E-state index contributed by atoms with van der Waals surface area (Å²) in [4.78, 5) is 30.8. The van der Waals surface area contributed by atoms with Gasteiger partial charge in [-0.2, -0.15) is 4.98 Å². The number of rotatable bonds is 5. The van der Waals surface area contributed by atoms with Gasteiger partial charge in [0, 0.05) is 36.2 Å². The van der Waals surface area contributed by atoms with Crippen molar-refractivity contribution in [2.45, 2.75) is 18.9 Å².